The van der Waals surface area contributed by atoms with E-state index in [2.05, 4.69) is 80.8 Å². The van der Waals surface area contributed by atoms with Crippen LogP contribution in [0.5, 0.6) is 0 Å². The van der Waals surface area contributed by atoms with E-state index >= 15 is 0 Å². The van der Waals surface area contributed by atoms with Crippen molar-refractivity contribution in [3.05, 3.63) is 0 Å². The fraction of sp³-hybridized carbons (Fsp3) is 1.00. The smallest absolute Gasteiger partial charge is 0.0809 e. The maximum absolute atomic E-state index is 2.67. The molecule has 0 aliphatic heterocycles. The molecule has 0 nitrogen and oxygen atoms in total. The normalized spacial score (nSPS) is 15.2. The second-order valence-electron chi connectivity index (χ2n) is 9.03. The Labute approximate surface area is 127 Å². The van der Waals surface area contributed by atoms with Crippen LogP contribution < -0.4 is 0 Å². The van der Waals surface area contributed by atoms with Crippen molar-refractivity contribution in [2.45, 2.75) is 97.4 Å². The van der Waals surface area contributed by atoms with Crippen LogP contribution in [0.4, 0.5) is 0 Å². The molecule has 0 radical (unpaired) electrons. The van der Waals surface area contributed by atoms with E-state index in [0.717, 1.165) is 16.6 Å². The Bertz CT molecular complexity index is 249. The molecule has 0 aliphatic rings. The molecule has 0 heterocycles. The molecule has 0 aromatic rings. The van der Waals surface area contributed by atoms with E-state index in [1.165, 1.54) is 0 Å². The van der Waals surface area contributed by atoms with Gasteiger partial charge in [0.1, 0.15) is 0 Å². The van der Waals surface area contributed by atoms with E-state index in [0.29, 0.717) is 6.57 Å². The monoisotopic (exact) mass is 334 g/mol. The molecule has 0 bridgehead atoms. The van der Waals surface area contributed by atoms with Crippen LogP contribution >= 0.6 is 6.57 Å². The first kappa shape index (κ1) is 20.1. The third kappa shape index (κ3) is 4.05. The van der Waals surface area contributed by atoms with Crippen molar-refractivity contribution in [1.82, 2.24) is 0 Å². The minimum atomic E-state index is -1.24. The molecule has 0 N–H and O–H groups in total. The molecular formula is C15H39PSi3. The first-order valence-corrected chi connectivity index (χ1v) is 21.1. The van der Waals surface area contributed by atoms with Gasteiger partial charge in [0.05, 0.1) is 23.2 Å². The van der Waals surface area contributed by atoms with Crippen molar-refractivity contribution in [3.8, 4) is 0 Å². The summed E-state index contributed by atoms with van der Waals surface area (Å²) < 4.78 is 0. The highest BCUT2D eigenvalue weighted by atomic mass is 31.8. The van der Waals surface area contributed by atoms with Gasteiger partial charge in [0.2, 0.25) is 0 Å². The maximum Gasteiger partial charge on any atom is 0.0809 e. The SMILES string of the molecule is CC(C)[Si](C(C)C)(C(C)C)P([Si](C)(C)C)[Si](C)(C)C. The summed E-state index contributed by atoms with van der Waals surface area (Å²) in [5, 5.41) is 0. The Hall–Kier alpha value is 1.08. The Morgan fingerprint density at radius 3 is 0.789 bits per heavy atom. The molecule has 0 spiro atoms. The van der Waals surface area contributed by atoms with Crippen LogP contribution in [0.1, 0.15) is 41.5 Å². The van der Waals surface area contributed by atoms with Crippen molar-refractivity contribution in [3.63, 3.8) is 0 Å². The lowest BCUT2D eigenvalue weighted by atomic mass is 10.5. The summed E-state index contributed by atoms with van der Waals surface area (Å²) in [7, 11) is -3.35. The van der Waals surface area contributed by atoms with Crippen LogP contribution in [0.2, 0.25) is 55.9 Å². The van der Waals surface area contributed by atoms with Gasteiger partial charge in [0.15, 0.2) is 0 Å². The summed E-state index contributed by atoms with van der Waals surface area (Å²) in [4.78, 5) is 0. The van der Waals surface area contributed by atoms with Gasteiger partial charge in [-0.3, -0.25) is 0 Å². The Kier molecular flexibility index (Phi) is 6.82. The lowest BCUT2D eigenvalue weighted by Crippen LogP contribution is -2.53. The van der Waals surface area contributed by atoms with Gasteiger partial charge in [0.25, 0.3) is 0 Å². The highest BCUT2D eigenvalue weighted by Crippen LogP contribution is 2.71. The summed E-state index contributed by atoms with van der Waals surface area (Å²) in [5.74, 6) is 0. The Morgan fingerprint density at radius 2 is 0.737 bits per heavy atom. The molecule has 0 fully saturated rings. The van der Waals surface area contributed by atoms with Gasteiger partial charge in [0, 0.05) is 0 Å². The van der Waals surface area contributed by atoms with Crippen LogP contribution in [0, 0.1) is 0 Å². The van der Waals surface area contributed by atoms with Gasteiger partial charge in [-0.25, -0.2) is 0 Å². The predicted octanol–water partition coefficient (Wildman–Crippen LogP) is 7.31. The maximum atomic E-state index is 2.67. The summed E-state index contributed by atoms with van der Waals surface area (Å²) in [5.41, 5.74) is 2.83. The largest absolute Gasteiger partial charge is 0.139 e. The van der Waals surface area contributed by atoms with Crippen LogP contribution in [-0.2, 0) is 0 Å². The quantitative estimate of drug-likeness (QED) is 0.353. The standard InChI is InChI=1S/C15H39PSi3/c1-13(2)19(14(3)4,15(5)6)16(17(7,8)9)18(10,11)12/h13-15H,1-12H3. The zero-order valence-electron chi connectivity index (χ0n) is 15.7. The summed E-state index contributed by atoms with van der Waals surface area (Å²) >= 11 is 0. The predicted molar refractivity (Wildman–Crippen MR) is 105 cm³/mol. The Balaban J connectivity index is 6.21. The zero-order valence-corrected chi connectivity index (χ0v) is 19.6. The second kappa shape index (κ2) is 6.46. The molecule has 0 aliphatic carbocycles. The number of hydrogen-bond acceptors (Lipinski definition) is 0. The van der Waals surface area contributed by atoms with Gasteiger partial charge < -0.3 is 0 Å². The Morgan fingerprint density at radius 1 is 0.526 bits per heavy atom. The second-order valence-corrected chi connectivity index (χ2v) is 42.0. The molecule has 0 atom stereocenters. The van der Waals surface area contributed by atoms with E-state index in [1.807, 2.05) is 0 Å². The van der Waals surface area contributed by atoms with Crippen LogP contribution in [0.3, 0.4) is 0 Å². The fourth-order valence-electron chi connectivity index (χ4n) is 4.94. The lowest BCUT2D eigenvalue weighted by Gasteiger charge is -2.58. The van der Waals surface area contributed by atoms with E-state index < -0.39 is 23.2 Å². The average Bonchev–Trinajstić information content (AvgIpc) is 2.07. The number of hydrogen-bond donors (Lipinski definition) is 0. The molecule has 0 saturated heterocycles. The molecule has 0 rings (SSSR count). The highest BCUT2D eigenvalue weighted by molar-refractivity contribution is 8.37. The van der Waals surface area contributed by atoms with E-state index in [1.54, 1.807) is 0 Å². The van der Waals surface area contributed by atoms with E-state index in [9.17, 15) is 0 Å². The molecule has 0 unspecified atom stereocenters. The van der Waals surface area contributed by atoms with Crippen LogP contribution in [-0.4, -0.2) is 23.2 Å². The first-order valence-electron chi connectivity index (χ1n) is 8.00. The van der Waals surface area contributed by atoms with Gasteiger partial charge in [-0.15, -0.1) is 6.57 Å². The van der Waals surface area contributed by atoms with Crippen molar-refractivity contribution in [1.29, 1.82) is 0 Å². The van der Waals surface area contributed by atoms with Crippen molar-refractivity contribution < 1.29 is 0 Å². The van der Waals surface area contributed by atoms with Crippen molar-refractivity contribution in [2.24, 2.45) is 0 Å². The minimum absolute atomic E-state index is 0.308. The minimum Gasteiger partial charge on any atom is -0.139 e. The third-order valence-electron chi connectivity index (χ3n) is 4.50. The van der Waals surface area contributed by atoms with Crippen molar-refractivity contribution >= 4 is 29.8 Å². The van der Waals surface area contributed by atoms with Gasteiger partial charge in [-0.1, -0.05) is 80.8 Å². The van der Waals surface area contributed by atoms with Gasteiger partial charge >= 0.3 is 0 Å². The highest BCUT2D eigenvalue weighted by Gasteiger charge is 2.56. The van der Waals surface area contributed by atoms with E-state index in [-0.39, 0.29) is 0 Å². The lowest BCUT2D eigenvalue weighted by molar-refractivity contribution is 0.850. The topological polar surface area (TPSA) is 0 Å². The summed E-state index contributed by atoms with van der Waals surface area (Å²) in [6.45, 7) is 31.7. The third-order valence-corrected chi connectivity index (χ3v) is 59.7. The van der Waals surface area contributed by atoms with Crippen molar-refractivity contribution in [2.75, 3.05) is 0 Å². The zero-order chi connectivity index (χ0) is 15.8. The first-order chi connectivity index (χ1) is 8.20. The molecule has 0 aromatic carbocycles. The fourth-order valence-corrected chi connectivity index (χ4v) is 85.5. The molecule has 4 heteroatoms. The molecule has 116 valence electrons. The summed E-state index contributed by atoms with van der Waals surface area (Å²) in [6, 6.07) is 0. The summed E-state index contributed by atoms with van der Waals surface area (Å²) in [6.07, 6.45) is 0. The van der Waals surface area contributed by atoms with Gasteiger partial charge in [-0.2, -0.15) is 0 Å². The number of rotatable bonds is 6. The average molecular weight is 335 g/mol. The molecular weight excluding hydrogens is 295 g/mol. The van der Waals surface area contributed by atoms with Crippen LogP contribution in [0.15, 0.2) is 0 Å². The van der Waals surface area contributed by atoms with Gasteiger partial charge in [-0.05, 0) is 16.6 Å². The molecule has 0 saturated carbocycles. The molecule has 0 aromatic heterocycles. The molecule has 0 amide bonds. The van der Waals surface area contributed by atoms with E-state index in [4.69, 9.17) is 0 Å². The van der Waals surface area contributed by atoms with Crippen LogP contribution in [0.25, 0.3) is 0 Å². The molecule has 19 heavy (non-hydrogen) atoms.